The highest BCUT2D eigenvalue weighted by molar-refractivity contribution is 5.88. The molecule has 88 valence electrons. The number of ether oxygens (including phenoxy) is 1. The van der Waals surface area contributed by atoms with Gasteiger partial charge in [0.25, 0.3) is 0 Å². The Kier molecular flexibility index (Phi) is 3.87. The second-order valence-corrected chi connectivity index (χ2v) is 4.74. The van der Waals surface area contributed by atoms with Crippen LogP contribution in [0.4, 0.5) is 0 Å². The standard InChI is InChI=1S/C14H20O2/c1-10-6-7-11(2)12(8-10)9-13(15)14(3,4)16-5/h6-8H,9H2,1-5H3. The van der Waals surface area contributed by atoms with E-state index in [0.29, 0.717) is 6.42 Å². The maximum absolute atomic E-state index is 12.0. The summed E-state index contributed by atoms with van der Waals surface area (Å²) in [4.78, 5) is 12.0. The second-order valence-electron chi connectivity index (χ2n) is 4.74. The molecule has 0 spiro atoms. The van der Waals surface area contributed by atoms with Crippen molar-refractivity contribution in [1.82, 2.24) is 0 Å². The molecule has 0 saturated heterocycles. The molecule has 1 rings (SSSR count). The van der Waals surface area contributed by atoms with Crippen LogP contribution in [0.1, 0.15) is 30.5 Å². The van der Waals surface area contributed by atoms with E-state index in [1.807, 2.05) is 13.8 Å². The van der Waals surface area contributed by atoms with Gasteiger partial charge in [0, 0.05) is 13.5 Å². The van der Waals surface area contributed by atoms with Crippen molar-refractivity contribution in [2.24, 2.45) is 0 Å². The molecule has 0 N–H and O–H groups in total. The molecule has 0 aliphatic heterocycles. The third-order valence-corrected chi connectivity index (χ3v) is 3.04. The summed E-state index contributed by atoms with van der Waals surface area (Å²) in [5.74, 6) is 0.115. The van der Waals surface area contributed by atoms with Gasteiger partial charge in [-0.15, -0.1) is 0 Å². The first kappa shape index (κ1) is 12.9. The Morgan fingerprint density at radius 2 is 1.94 bits per heavy atom. The van der Waals surface area contributed by atoms with E-state index in [1.54, 1.807) is 21.0 Å². The molecule has 0 bridgehead atoms. The number of Topliss-reactive ketones (excluding diaryl/α,β-unsaturated/α-hetero) is 1. The van der Waals surface area contributed by atoms with Gasteiger partial charge < -0.3 is 4.74 Å². The molecule has 16 heavy (non-hydrogen) atoms. The molecule has 0 heterocycles. The fourth-order valence-electron chi connectivity index (χ4n) is 1.49. The topological polar surface area (TPSA) is 26.3 Å². The smallest absolute Gasteiger partial charge is 0.168 e. The van der Waals surface area contributed by atoms with Gasteiger partial charge in [0.05, 0.1) is 0 Å². The van der Waals surface area contributed by atoms with E-state index < -0.39 is 5.60 Å². The maximum atomic E-state index is 12.0. The van der Waals surface area contributed by atoms with Crippen LogP contribution in [0.15, 0.2) is 18.2 Å². The quantitative estimate of drug-likeness (QED) is 0.780. The van der Waals surface area contributed by atoms with E-state index >= 15 is 0 Å². The zero-order chi connectivity index (χ0) is 12.3. The maximum Gasteiger partial charge on any atom is 0.168 e. The van der Waals surface area contributed by atoms with Crippen LogP contribution in [0, 0.1) is 13.8 Å². The summed E-state index contributed by atoms with van der Waals surface area (Å²) in [6.07, 6.45) is 0.439. The van der Waals surface area contributed by atoms with Gasteiger partial charge in [0.1, 0.15) is 5.60 Å². The zero-order valence-electron chi connectivity index (χ0n) is 10.8. The SMILES string of the molecule is COC(C)(C)C(=O)Cc1cc(C)ccc1C. The lowest BCUT2D eigenvalue weighted by Gasteiger charge is -2.21. The van der Waals surface area contributed by atoms with Crippen LogP contribution in [0.25, 0.3) is 0 Å². The first-order chi connectivity index (χ1) is 7.36. The number of methoxy groups -OCH3 is 1. The normalized spacial score (nSPS) is 11.6. The van der Waals surface area contributed by atoms with E-state index in [2.05, 4.69) is 18.2 Å². The number of benzene rings is 1. The average Bonchev–Trinajstić information content (AvgIpc) is 2.23. The largest absolute Gasteiger partial charge is 0.371 e. The number of carbonyl (C=O) groups is 1. The lowest BCUT2D eigenvalue weighted by Crippen LogP contribution is -2.35. The monoisotopic (exact) mass is 220 g/mol. The molecule has 0 unspecified atom stereocenters. The van der Waals surface area contributed by atoms with Gasteiger partial charge in [-0.2, -0.15) is 0 Å². The highest BCUT2D eigenvalue weighted by Gasteiger charge is 2.26. The predicted octanol–water partition coefficient (Wildman–Crippen LogP) is 2.84. The molecular formula is C14H20O2. The van der Waals surface area contributed by atoms with Crippen LogP contribution in [-0.4, -0.2) is 18.5 Å². The minimum absolute atomic E-state index is 0.115. The van der Waals surface area contributed by atoms with Gasteiger partial charge in [0.2, 0.25) is 0 Å². The van der Waals surface area contributed by atoms with Crippen LogP contribution in [0.5, 0.6) is 0 Å². The first-order valence-electron chi connectivity index (χ1n) is 5.51. The molecule has 0 aliphatic rings. The van der Waals surface area contributed by atoms with Gasteiger partial charge in [0.15, 0.2) is 5.78 Å². The van der Waals surface area contributed by atoms with Crippen molar-refractivity contribution in [3.05, 3.63) is 34.9 Å². The summed E-state index contributed by atoms with van der Waals surface area (Å²) in [5.41, 5.74) is 2.74. The second kappa shape index (κ2) is 4.79. The van der Waals surface area contributed by atoms with Gasteiger partial charge in [-0.1, -0.05) is 23.8 Å². The fraction of sp³-hybridized carbons (Fsp3) is 0.500. The summed E-state index contributed by atoms with van der Waals surface area (Å²) < 4.78 is 5.19. The van der Waals surface area contributed by atoms with Crippen molar-refractivity contribution in [2.45, 2.75) is 39.7 Å². The number of aryl methyl sites for hydroxylation is 2. The van der Waals surface area contributed by atoms with Crippen molar-refractivity contribution in [1.29, 1.82) is 0 Å². The Morgan fingerprint density at radius 1 is 1.31 bits per heavy atom. The Balaban J connectivity index is 2.89. The number of rotatable bonds is 4. The molecule has 0 radical (unpaired) electrons. The number of ketones is 1. The molecule has 0 aliphatic carbocycles. The molecule has 2 heteroatoms. The zero-order valence-corrected chi connectivity index (χ0v) is 10.8. The molecule has 0 atom stereocenters. The summed E-state index contributed by atoms with van der Waals surface area (Å²) >= 11 is 0. The highest BCUT2D eigenvalue weighted by Crippen LogP contribution is 2.17. The Bertz CT molecular complexity index is 392. The van der Waals surface area contributed by atoms with Gasteiger partial charge in [-0.05, 0) is 38.8 Å². The molecule has 2 nitrogen and oxygen atoms in total. The summed E-state index contributed by atoms with van der Waals surface area (Å²) in [6, 6.07) is 6.18. The Labute approximate surface area is 97.6 Å². The van der Waals surface area contributed by atoms with Crippen molar-refractivity contribution in [3.8, 4) is 0 Å². The van der Waals surface area contributed by atoms with Gasteiger partial charge in [-0.3, -0.25) is 4.79 Å². The third-order valence-electron chi connectivity index (χ3n) is 3.04. The molecule has 1 aromatic carbocycles. The summed E-state index contributed by atoms with van der Waals surface area (Å²) in [7, 11) is 1.57. The fourth-order valence-corrected chi connectivity index (χ4v) is 1.49. The molecule has 0 saturated carbocycles. The van der Waals surface area contributed by atoms with Crippen LogP contribution in [-0.2, 0) is 16.0 Å². The Morgan fingerprint density at radius 3 is 2.50 bits per heavy atom. The molecule has 0 fully saturated rings. The number of carbonyl (C=O) groups excluding carboxylic acids is 1. The van der Waals surface area contributed by atoms with E-state index in [-0.39, 0.29) is 5.78 Å². The van der Waals surface area contributed by atoms with E-state index in [4.69, 9.17) is 4.74 Å². The first-order valence-corrected chi connectivity index (χ1v) is 5.51. The number of hydrogen-bond donors (Lipinski definition) is 0. The summed E-state index contributed by atoms with van der Waals surface area (Å²) in [5, 5.41) is 0. The van der Waals surface area contributed by atoms with Crippen LogP contribution < -0.4 is 0 Å². The molecular weight excluding hydrogens is 200 g/mol. The third kappa shape index (κ3) is 2.92. The molecule has 0 aromatic heterocycles. The predicted molar refractivity (Wildman–Crippen MR) is 65.7 cm³/mol. The average molecular weight is 220 g/mol. The molecule has 1 aromatic rings. The lowest BCUT2D eigenvalue weighted by molar-refractivity contribution is -0.136. The lowest BCUT2D eigenvalue weighted by atomic mass is 9.94. The van der Waals surface area contributed by atoms with Crippen LogP contribution in [0.2, 0.25) is 0 Å². The van der Waals surface area contributed by atoms with E-state index in [0.717, 1.165) is 11.1 Å². The van der Waals surface area contributed by atoms with Crippen molar-refractivity contribution >= 4 is 5.78 Å². The van der Waals surface area contributed by atoms with E-state index in [9.17, 15) is 4.79 Å². The van der Waals surface area contributed by atoms with E-state index in [1.165, 1.54) is 5.56 Å². The van der Waals surface area contributed by atoms with Gasteiger partial charge in [-0.25, -0.2) is 0 Å². The number of hydrogen-bond acceptors (Lipinski definition) is 2. The van der Waals surface area contributed by atoms with Crippen LogP contribution >= 0.6 is 0 Å². The summed E-state index contributed by atoms with van der Waals surface area (Å²) in [6.45, 7) is 7.68. The van der Waals surface area contributed by atoms with Crippen molar-refractivity contribution in [3.63, 3.8) is 0 Å². The van der Waals surface area contributed by atoms with Crippen LogP contribution in [0.3, 0.4) is 0 Å². The van der Waals surface area contributed by atoms with Crippen molar-refractivity contribution in [2.75, 3.05) is 7.11 Å². The Hall–Kier alpha value is -1.15. The van der Waals surface area contributed by atoms with Gasteiger partial charge >= 0.3 is 0 Å². The highest BCUT2D eigenvalue weighted by atomic mass is 16.5. The minimum Gasteiger partial charge on any atom is -0.371 e. The van der Waals surface area contributed by atoms with Crippen molar-refractivity contribution < 1.29 is 9.53 Å². The molecule has 0 amide bonds. The minimum atomic E-state index is -0.698.